The van der Waals surface area contributed by atoms with Crippen molar-refractivity contribution in [1.29, 1.82) is 5.26 Å². The summed E-state index contributed by atoms with van der Waals surface area (Å²) >= 11 is 0. The van der Waals surface area contributed by atoms with E-state index in [0.717, 1.165) is 18.8 Å². The number of hydrogen-bond donors (Lipinski definition) is 2. The van der Waals surface area contributed by atoms with Crippen LogP contribution in [0.25, 0.3) is 6.08 Å². The van der Waals surface area contributed by atoms with Crippen LogP contribution in [0.5, 0.6) is 0 Å². The largest absolute Gasteiger partial charge is 0.478 e. The number of carbonyl (C=O) groups excluding carboxylic acids is 1. The molecule has 2 aromatic carbocycles. The number of carbonyl (C=O) groups is 2. The molecular formula is C21H19N3O4. The van der Waals surface area contributed by atoms with E-state index in [0.29, 0.717) is 18.8 Å². The lowest BCUT2D eigenvalue weighted by Gasteiger charge is -2.28. The Morgan fingerprint density at radius 1 is 1.11 bits per heavy atom. The van der Waals surface area contributed by atoms with Crippen LogP contribution in [0.15, 0.2) is 54.1 Å². The minimum Gasteiger partial charge on any atom is -0.478 e. The molecule has 2 N–H and O–H groups in total. The van der Waals surface area contributed by atoms with Crippen molar-refractivity contribution in [1.82, 2.24) is 0 Å². The highest BCUT2D eigenvalue weighted by Crippen LogP contribution is 2.19. The van der Waals surface area contributed by atoms with Gasteiger partial charge in [-0.05, 0) is 35.9 Å². The van der Waals surface area contributed by atoms with Gasteiger partial charge in [-0.25, -0.2) is 4.79 Å². The molecule has 1 saturated heterocycles. The fourth-order valence-electron chi connectivity index (χ4n) is 2.89. The molecule has 1 fully saturated rings. The van der Waals surface area contributed by atoms with E-state index in [-0.39, 0.29) is 16.8 Å². The summed E-state index contributed by atoms with van der Waals surface area (Å²) in [6, 6.07) is 15.5. The van der Waals surface area contributed by atoms with Gasteiger partial charge in [-0.1, -0.05) is 24.3 Å². The Hall–Kier alpha value is -3.63. The van der Waals surface area contributed by atoms with Crippen molar-refractivity contribution in [3.8, 4) is 6.07 Å². The van der Waals surface area contributed by atoms with Gasteiger partial charge in [-0.15, -0.1) is 0 Å². The molecule has 1 aliphatic rings. The van der Waals surface area contributed by atoms with Gasteiger partial charge in [-0.2, -0.15) is 5.26 Å². The van der Waals surface area contributed by atoms with E-state index in [1.54, 1.807) is 12.1 Å². The third-order valence-corrected chi connectivity index (χ3v) is 4.35. The number of nitriles is 1. The monoisotopic (exact) mass is 377 g/mol. The van der Waals surface area contributed by atoms with Crippen LogP contribution in [0.3, 0.4) is 0 Å². The van der Waals surface area contributed by atoms with E-state index in [1.165, 1.54) is 18.2 Å². The maximum absolute atomic E-state index is 12.4. The number of aromatic carboxylic acids is 1. The van der Waals surface area contributed by atoms with E-state index in [4.69, 9.17) is 4.74 Å². The van der Waals surface area contributed by atoms with Crippen molar-refractivity contribution in [2.24, 2.45) is 0 Å². The normalized spacial score (nSPS) is 14.2. The number of ether oxygens (including phenoxy) is 1. The SMILES string of the molecule is N#C/C(=C\c1ccc(N2CCOCC2)cc1)C(=O)Nc1ccccc1C(=O)O. The Kier molecular flexibility index (Phi) is 6.04. The summed E-state index contributed by atoms with van der Waals surface area (Å²) in [7, 11) is 0. The predicted molar refractivity (Wildman–Crippen MR) is 105 cm³/mol. The first-order valence-corrected chi connectivity index (χ1v) is 8.76. The highest BCUT2D eigenvalue weighted by atomic mass is 16.5. The third-order valence-electron chi connectivity index (χ3n) is 4.35. The lowest BCUT2D eigenvalue weighted by molar-refractivity contribution is -0.112. The van der Waals surface area contributed by atoms with Crippen LogP contribution in [-0.2, 0) is 9.53 Å². The van der Waals surface area contributed by atoms with Crippen LogP contribution < -0.4 is 10.2 Å². The number of carboxylic acid groups (broad SMARTS) is 1. The van der Waals surface area contributed by atoms with Gasteiger partial charge in [0.05, 0.1) is 24.5 Å². The lowest BCUT2D eigenvalue weighted by Crippen LogP contribution is -2.36. The van der Waals surface area contributed by atoms with Crippen molar-refractivity contribution in [2.45, 2.75) is 0 Å². The first-order valence-electron chi connectivity index (χ1n) is 8.76. The van der Waals surface area contributed by atoms with Crippen molar-refractivity contribution in [3.63, 3.8) is 0 Å². The summed E-state index contributed by atoms with van der Waals surface area (Å²) in [6.45, 7) is 3.03. The van der Waals surface area contributed by atoms with E-state index in [2.05, 4.69) is 10.2 Å². The van der Waals surface area contributed by atoms with Gasteiger partial charge in [0.1, 0.15) is 11.6 Å². The molecule has 1 aliphatic heterocycles. The first-order chi connectivity index (χ1) is 13.6. The number of amides is 1. The molecule has 0 bridgehead atoms. The van der Waals surface area contributed by atoms with Gasteiger partial charge in [0.15, 0.2) is 0 Å². The Morgan fingerprint density at radius 3 is 2.43 bits per heavy atom. The standard InChI is InChI=1S/C21H19N3O4/c22-14-16(20(25)23-19-4-2-1-3-18(19)21(26)27)13-15-5-7-17(8-6-15)24-9-11-28-12-10-24/h1-8,13H,9-12H2,(H,23,25)(H,26,27)/b16-13+. The zero-order valence-corrected chi connectivity index (χ0v) is 15.1. The molecule has 1 amide bonds. The van der Waals surface area contributed by atoms with E-state index in [1.807, 2.05) is 30.3 Å². The summed E-state index contributed by atoms with van der Waals surface area (Å²) < 4.78 is 5.34. The Labute approximate surface area is 162 Å². The topological polar surface area (TPSA) is 103 Å². The second-order valence-electron chi connectivity index (χ2n) is 6.17. The van der Waals surface area contributed by atoms with Gasteiger partial charge < -0.3 is 20.1 Å². The molecule has 7 nitrogen and oxygen atoms in total. The number of nitrogens with zero attached hydrogens (tertiary/aromatic N) is 2. The molecule has 0 unspecified atom stereocenters. The second kappa shape index (κ2) is 8.84. The van der Waals surface area contributed by atoms with Crippen LogP contribution in [0, 0.1) is 11.3 Å². The molecule has 3 rings (SSSR count). The van der Waals surface area contributed by atoms with E-state index >= 15 is 0 Å². The predicted octanol–water partition coefficient (Wildman–Crippen LogP) is 2.77. The van der Waals surface area contributed by atoms with E-state index in [9.17, 15) is 20.0 Å². The van der Waals surface area contributed by atoms with Crippen LogP contribution in [0.2, 0.25) is 0 Å². The minimum atomic E-state index is -1.16. The number of morpholine rings is 1. The molecule has 7 heteroatoms. The molecule has 142 valence electrons. The number of carboxylic acids is 1. The Bertz CT molecular complexity index is 939. The zero-order valence-electron chi connectivity index (χ0n) is 15.1. The van der Waals surface area contributed by atoms with Crippen LogP contribution in [0.1, 0.15) is 15.9 Å². The summed E-state index contributed by atoms with van der Waals surface area (Å²) in [4.78, 5) is 25.9. The van der Waals surface area contributed by atoms with Gasteiger partial charge in [0.25, 0.3) is 5.91 Å². The Balaban J connectivity index is 1.75. The maximum atomic E-state index is 12.4. The van der Waals surface area contributed by atoms with Crippen molar-refractivity contribution in [2.75, 3.05) is 36.5 Å². The number of nitrogens with one attached hydrogen (secondary N) is 1. The molecule has 0 spiro atoms. The van der Waals surface area contributed by atoms with Crippen LogP contribution in [0.4, 0.5) is 11.4 Å². The summed E-state index contributed by atoms with van der Waals surface area (Å²) in [6.07, 6.45) is 1.47. The molecule has 0 aromatic heterocycles. The van der Waals surface area contributed by atoms with Gasteiger partial charge in [0.2, 0.25) is 0 Å². The number of hydrogen-bond acceptors (Lipinski definition) is 5. The van der Waals surface area contributed by atoms with Gasteiger partial charge >= 0.3 is 5.97 Å². The fraction of sp³-hybridized carbons (Fsp3) is 0.190. The Morgan fingerprint density at radius 2 is 1.79 bits per heavy atom. The summed E-state index contributed by atoms with van der Waals surface area (Å²) in [5.74, 6) is -1.81. The minimum absolute atomic E-state index is 0.0389. The quantitative estimate of drug-likeness (QED) is 0.614. The summed E-state index contributed by atoms with van der Waals surface area (Å²) in [5.41, 5.74) is 1.75. The lowest BCUT2D eigenvalue weighted by atomic mass is 10.1. The average molecular weight is 377 g/mol. The molecule has 0 saturated carbocycles. The molecule has 0 aliphatic carbocycles. The molecule has 0 radical (unpaired) electrons. The zero-order chi connectivity index (χ0) is 19.9. The maximum Gasteiger partial charge on any atom is 0.337 e. The number of benzene rings is 2. The number of para-hydroxylation sites is 1. The van der Waals surface area contributed by atoms with Gasteiger partial charge in [0, 0.05) is 18.8 Å². The molecule has 1 heterocycles. The average Bonchev–Trinajstić information content (AvgIpc) is 2.73. The van der Waals surface area contributed by atoms with Crippen molar-refractivity contribution >= 4 is 29.3 Å². The highest BCUT2D eigenvalue weighted by Gasteiger charge is 2.15. The van der Waals surface area contributed by atoms with Crippen molar-refractivity contribution < 1.29 is 19.4 Å². The number of rotatable bonds is 5. The van der Waals surface area contributed by atoms with E-state index < -0.39 is 11.9 Å². The molecule has 28 heavy (non-hydrogen) atoms. The van der Waals surface area contributed by atoms with Crippen molar-refractivity contribution in [3.05, 3.63) is 65.2 Å². The fourth-order valence-corrected chi connectivity index (χ4v) is 2.89. The number of anilines is 2. The van der Waals surface area contributed by atoms with Crippen LogP contribution >= 0.6 is 0 Å². The first kappa shape index (κ1) is 19.1. The molecule has 0 atom stereocenters. The third kappa shape index (κ3) is 4.55. The molecule has 2 aromatic rings. The van der Waals surface area contributed by atoms with Crippen LogP contribution in [-0.4, -0.2) is 43.3 Å². The second-order valence-corrected chi connectivity index (χ2v) is 6.17. The van der Waals surface area contributed by atoms with Gasteiger partial charge in [-0.3, -0.25) is 4.79 Å². The molecular weight excluding hydrogens is 358 g/mol. The summed E-state index contributed by atoms with van der Waals surface area (Å²) in [5, 5.41) is 21.0. The smallest absolute Gasteiger partial charge is 0.337 e. The highest BCUT2D eigenvalue weighted by molar-refractivity contribution is 6.11.